The molecule has 0 spiro atoms. The Balaban J connectivity index is 2.01. The van der Waals surface area contributed by atoms with Crippen molar-refractivity contribution in [2.24, 2.45) is 7.05 Å². The molecule has 0 bridgehead atoms. The van der Waals surface area contributed by atoms with Crippen molar-refractivity contribution in [3.8, 4) is 22.6 Å². The lowest BCUT2D eigenvalue weighted by Gasteiger charge is -2.22. The van der Waals surface area contributed by atoms with Crippen LogP contribution in [0.3, 0.4) is 0 Å². The molecule has 2 heterocycles. The molecule has 194 valence electrons. The molecule has 2 aromatic heterocycles. The van der Waals surface area contributed by atoms with Gasteiger partial charge in [0.1, 0.15) is 22.7 Å². The fourth-order valence-corrected chi connectivity index (χ4v) is 4.23. The van der Waals surface area contributed by atoms with Gasteiger partial charge in [-0.1, -0.05) is 18.2 Å². The number of nitrogens with one attached hydrogen (secondary N) is 2. The third-order valence-electron chi connectivity index (χ3n) is 6.21. The predicted octanol–water partition coefficient (Wildman–Crippen LogP) is 5.55. The first-order valence-electron chi connectivity index (χ1n) is 11.9. The van der Waals surface area contributed by atoms with E-state index in [9.17, 15) is 23.5 Å². The molecule has 3 N–H and O–H groups in total. The van der Waals surface area contributed by atoms with Crippen molar-refractivity contribution in [2.75, 3.05) is 6.54 Å². The van der Waals surface area contributed by atoms with Gasteiger partial charge in [-0.2, -0.15) is 0 Å². The second-order valence-electron chi connectivity index (χ2n) is 9.46. The maximum Gasteiger partial charge on any atom is 0.274 e. The van der Waals surface area contributed by atoms with Gasteiger partial charge in [-0.05, 0) is 63.1 Å². The molecular formula is C28H29F2N3O4. The number of benzene rings is 2. The van der Waals surface area contributed by atoms with Gasteiger partial charge in [-0.25, -0.2) is 8.78 Å². The number of alkyl halides is 2. The molecule has 4 aromatic rings. The van der Waals surface area contributed by atoms with E-state index in [2.05, 4.69) is 10.3 Å². The number of hydrogen-bond acceptors (Lipinski definition) is 4. The number of halogens is 2. The summed E-state index contributed by atoms with van der Waals surface area (Å²) in [6, 6.07) is 11.1. The largest absolute Gasteiger partial charge is 0.456 e. The van der Waals surface area contributed by atoms with Gasteiger partial charge in [0.25, 0.3) is 17.9 Å². The van der Waals surface area contributed by atoms with Crippen LogP contribution in [0.1, 0.15) is 54.4 Å². The number of pyridine rings is 1. The quantitative estimate of drug-likeness (QED) is 0.304. The van der Waals surface area contributed by atoms with E-state index in [1.807, 2.05) is 0 Å². The second kappa shape index (κ2) is 9.82. The van der Waals surface area contributed by atoms with Gasteiger partial charge < -0.3 is 24.7 Å². The zero-order chi connectivity index (χ0) is 27.1. The molecule has 1 amide bonds. The lowest BCUT2D eigenvalue weighted by Crippen LogP contribution is -2.23. The Kier molecular flexibility index (Phi) is 6.92. The molecule has 2 aromatic carbocycles. The van der Waals surface area contributed by atoms with Crippen LogP contribution in [0.25, 0.3) is 22.0 Å². The molecule has 7 nitrogen and oxygen atoms in total. The molecule has 9 heteroatoms. The lowest BCUT2D eigenvalue weighted by molar-refractivity contribution is 0.0786. The second-order valence-corrected chi connectivity index (χ2v) is 9.46. The molecule has 0 radical (unpaired) electrons. The minimum atomic E-state index is -2.75. The predicted molar refractivity (Wildman–Crippen MR) is 138 cm³/mol. The highest BCUT2D eigenvalue weighted by molar-refractivity contribution is 6.03. The molecule has 0 unspecified atom stereocenters. The number of para-hydroxylation sites is 1. The van der Waals surface area contributed by atoms with Gasteiger partial charge >= 0.3 is 0 Å². The van der Waals surface area contributed by atoms with Crippen LogP contribution in [-0.4, -0.2) is 27.1 Å². The first kappa shape index (κ1) is 26.1. The third-order valence-corrected chi connectivity index (χ3v) is 6.21. The molecule has 0 atom stereocenters. The highest BCUT2D eigenvalue weighted by Crippen LogP contribution is 2.42. The highest BCUT2D eigenvalue weighted by atomic mass is 19.3. The normalized spacial score (nSPS) is 11.8. The standard InChI is InChI=1S/C28H29F2N3O4/c1-6-31-26(34)21-13-19-20(14-33(5)27(35)23(19)32-21)18-12-16(28(3,4)36)10-11-22(18)37-24-15(2)8-7-9-17(24)25(29)30/h7-14,25,32,36H,6H2,1-5H3,(H,31,34). The summed E-state index contributed by atoms with van der Waals surface area (Å²) in [5.74, 6) is -0.0762. The van der Waals surface area contributed by atoms with Crippen molar-refractivity contribution in [1.29, 1.82) is 0 Å². The fraction of sp³-hybridized carbons (Fsp3) is 0.286. The Hall–Kier alpha value is -3.98. The first-order valence-corrected chi connectivity index (χ1v) is 11.9. The summed E-state index contributed by atoms with van der Waals surface area (Å²) in [5.41, 5.74) is 0.691. The summed E-state index contributed by atoms with van der Waals surface area (Å²) in [6.07, 6.45) is -1.15. The number of aliphatic hydroxyl groups is 1. The van der Waals surface area contributed by atoms with Crippen molar-refractivity contribution in [1.82, 2.24) is 14.9 Å². The Morgan fingerprint density at radius 2 is 1.92 bits per heavy atom. The number of aromatic nitrogens is 2. The number of hydrogen-bond donors (Lipinski definition) is 3. The van der Waals surface area contributed by atoms with Crippen LogP contribution in [-0.2, 0) is 12.6 Å². The molecule has 0 aliphatic rings. The number of carbonyl (C=O) groups excluding carboxylic acids is 1. The van der Waals surface area contributed by atoms with Crippen LogP contribution in [0.15, 0.2) is 53.5 Å². The Morgan fingerprint density at radius 3 is 2.57 bits per heavy atom. The summed E-state index contributed by atoms with van der Waals surface area (Å²) in [6.45, 7) is 7.14. The number of ether oxygens (including phenoxy) is 1. The summed E-state index contributed by atoms with van der Waals surface area (Å²) in [5, 5.41) is 13.9. The smallest absolute Gasteiger partial charge is 0.274 e. The van der Waals surface area contributed by atoms with Crippen LogP contribution in [0.5, 0.6) is 11.5 Å². The van der Waals surface area contributed by atoms with E-state index in [-0.39, 0.29) is 39.7 Å². The fourth-order valence-electron chi connectivity index (χ4n) is 4.23. The van der Waals surface area contributed by atoms with Crippen LogP contribution < -0.4 is 15.6 Å². The minimum Gasteiger partial charge on any atom is -0.456 e. The summed E-state index contributed by atoms with van der Waals surface area (Å²) in [4.78, 5) is 28.3. The number of rotatable bonds is 7. The molecular weight excluding hydrogens is 480 g/mol. The van der Waals surface area contributed by atoms with Gasteiger partial charge in [0, 0.05) is 36.3 Å². The van der Waals surface area contributed by atoms with Gasteiger partial charge in [-0.15, -0.1) is 0 Å². The minimum absolute atomic E-state index is 0.0351. The van der Waals surface area contributed by atoms with Crippen molar-refractivity contribution < 1.29 is 23.4 Å². The van der Waals surface area contributed by atoms with Gasteiger partial charge in [-0.3, -0.25) is 9.59 Å². The molecule has 37 heavy (non-hydrogen) atoms. The third kappa shape index (κ3) is 4.99. The van der Waals surface area contributed by atoms with Crippen LogP contribution in [0, 0.1) is 6.92 Å². The molecule has 0 saturated heterocycles. The van der Waals surface area contributed by atoms with Crippen LogP contribution in [0.4, 0.5) is 8.78 Å². The molecule has 0 saturated carbocycles. The van der Waals surface area contributed by atoms with Crippen LogP contribution >= 0.6 is 0 Å². The van der Waals surface area contributed by atoms with E-state index < -0.39 is 12.0 Å². The average Bonchev–Trinajstić information content (AvgIpc) is 3.28. The molecule has 0 aliphatic heterocycles. The number of H-pyrrole nitrogens is 1. The molecule has 0 aliphatic carbocycles. The number of aromatic amines is 1. The van der Waals surface area contributed by atoms with E-state index >= 15 is 0 Å². The number of nitrogens with zero attached hydrogens (tertiary/aromatic N) is 1. The van der Waals surface area contributed by atoms with Gasteiger partial charge in [0.05, 0.1) is 11.2 Å². The maximum absolute atomic E-state index is 13.8. The maximum atomic E-state index is 13.8. The van der Waals surface area contributed by atoms with E-state index in [1.54, 1.807) is 77.3 Å². The average molecular weight is 510 g/mol. The monoisotopic (exact) mass is 509 g/mol. The van der Waals surface area contributed by atoms with Crippen molar-refractivity contribution >= 4 is 16.8 Å². The van der Waals surface area contributed by atoms with Gasteiger partial charge in [0.2, 0.25) is 0 Å². The summed E-state index contributed by atoms with van der Waals surface area (Å²) in [7, 11) is 1.58. The van der Waals surface area contributed by atoms with E-state index in [0.717, 1.165) is 0 Å². The molecule has 0 fully saturated rings. The number of carbonyl (C=O) groups is 1. The Bertz CT molecular complexity index is 1550. The van der Waals surface area contributed by atoms with E-state index in [0.29, 0.717) is 34.2 Å². The van der Waals surface area contributed by atoms with Crippen molar-refractivity contribution in [3.05, 3.63) is 81.4 Å². The van der Waals surface area contributed by atoms with Crippen molar-refractivity contribution in [3.63, 3.8) is 0 Å². The highest BCUT2D eigenvalue weighted by Gasteiger charge is 2.24. The van der Waals surface area contributed by atoms with Crippen molar-refractivity contribution in [2.45, 2.75) is 39.7 Å². The van der Waals surface area contributed by atoms with Crippen LogP contribution in [0.2, 0.25) is 0 Å². The molecule has 4 rings (SSSR count). The number of amides is 1. The first-order chi connectivity index (χ1) is 17.4. The number of aryl methyl sites for hydroxylation is 2. The lowest BCUT2D eigenvalue weighted by atomic mass is 9.93. The van der Waals surface area contributed by atoms with Gasteiger partial charge in [0.15, 0.2) is 0 Å². The zero-order valence-electron chi connectivity index (χ0n) is 21.3. The summed E-state index contributed by atoms with van der Waals surface area (Å²) < 4.78 is 35.1. The van der Waals surface area contributed by atoms with E-state index in [1.165, 1.54) is 10.6 Å². The Labute approximate surface area is 212 Å². The van der Waals surface area contributed by atoms with E-state index in [4.69, 9.17) is 4.74 Å². The summed E-state index contributed by atoms with van der Waals surface area (Å²) >= 11 is 0. The zero-order valence-corrected chi connectivity index (χ0v) is 21.3. The SMILES string of the molecule is CCNC(=O)c1cc2c(-c3cc(C(C)(C)O)ccc3Oc3c(C)cccc3C(F)F)cn(C)c(=O)c2[nH]1. The Morgan fingerprint density at radius 1 is 1.19 bits per heavy atom. The topological polar surface area (TPSA) is 96.3 Å². The number of fused-ring (bicyclic) bond motifs is 1.